The molecule has 7 nitrogen and oxygen atoms in total. The molecule has 1 N–H and O–H groups in total. The van der Waals surface area contributed by atoms with Gasteiger partial charge in [-0.25, -0.2) is 4.79 Å². The Balaban J connectivity index is 2.44. The molecule has 0 saturated heterocycles. The van der Waals surface area contributed by atoms with Crippen LogP contribution in [0.25, 0.3) is 0 Å². The molecule has 2 rings (SSSR count). The normalized spacial score (nSPS) is 10.2. The van der Waals surface area contributed by atoms with Gasteiger partial charge < -0.3 is 14.8 Å². The molecule has 1 heterocycles. The number of thiophene rings is 1. The summed E-state index contributed by atoms with van der Waals surface area (Å²) in [6.45, 7) is 4.22. The van der Waals surface area contributed by atoms with E-state index in [9.17, 15) is 19.2 Å². The van der Waals surface area contributed by atoms with Crippen LogP contribution in [0.3, 0.4) is 0 Å². The number of esters is 2. The molecule has 0 aliphatic carbocycles. The van der Waals surface area contributed by atoms with Crippen molar-refractivity contribution in [3.63, 3.8) is 0 Å². The fourth-order valence-corrected chi connectivity index (χ4v) is 3.44. The highest BCUT2D eigenvalue weighted by molar-refractivity contribution is 7.18. The topological polar surface area (TPSA) is 98.8 Å². The summed E-state index contributed by atoms with van der Waals surface area (Å²) in [7, 11) is 1.22. The molecule has 0 radical (unpaired) electrons. The summed E-state index contributed by atoms with van der Waals surface area (Å²) in [5.41, 5.74) is 0.688. The van der Waals surface area contributed by atoms with E-state index >= 15 is 0 Å². The number of ketones is 1. The molecular weight excluding hydrogens is 358 g/mol. The van der Waals surface area contributed by atoms with E-state index < -0.39 is 17.8 Å². The number of nitrogens with one attached hydrogen (secondary N) is 1. The van der Waals surface area contributed by atoms with Gasteiger partial charge in [-0.2, -0.15) is 0 Å². The van der Waals surface area contributed by atoms with Crippen LogP contribution in [0, 0.1) is 6.92 Å². The van der Waals surface area contributed by atoms with Crippen LogP contribution in [0.2, 0.25) is 0 Å². The lowest BCUT2D eigenvalue weighted by atomic mass is 10.1. The Labute approximate surface area is 153 Å². The number of rotatable bonds is 5. The number of ether oxygens (including phenoxy) is 2. The molecular formula is C18H17NO6S. The quantitative estimate of drug-likeness (QED) is 0.489. The van der Waals surface area contributed by atoms with E-state index in [0.29, 0.717) is 10.4 Å². The summed E-state index contributed by atoms with van der Waals surface area (Å²) < 4.78 is 9.78. The van der Waals surface area contributed by atoms with E-state index in [-0.39, 0.29) is 27.7 Å². The summed E-state index contributed by atoms with van der Waals surface area (Å²) in [5, 5.41) is 2.80. The second kappa shape index (κ2) is 7.92. The Hall–Kier alpha value is -3.00. The average Bonchev–Trinajstić information content (AvgIpc) is 2.90. The number of para-hydroxylation sites is 1. The maximum absolute atomic E-state index is 12.6. The monoisotopic (exact) mass is 375 g/mol. The Morgan fingerprint density at radius 2 is 1.73 bits per heavy atom. The minimum atomic E-state index is -0.658. The van der Waals surface area contributed by atoms with Crippen LogP contribution in [0.15, 0.2) is 24.3 Å². The molecule has 1 amide bonds. The van der Waals surface area contributed by atoms with Crippen molar-refractivity contribution in [1.82, 2.24) is 0 Å². The van der Waals surface area contributed by atoms with Crippen LogP contribution in [0.1, 0.15) is 49.8 Å². The summed E-state index contributed by atoms with van der Waals surface area (Å²) >= 11 is 0.991. The molecule has 0 fully saturated rings. The summed E-state index contributed by atoms with van der Waals surface area (Å²) in [6.07, 6.45) is 0. The van der Waals surface area contributed by atoms with Gasteiger partial charge in [0.05, 0.1) is 23.1 Å². The van der Waals surface area contributed by atoms with E-state index in [1.807, 2.05) is 0 Å². The number of benzene rings is 1. The van der Waals surface area contributed by atoms with Crippen molar-refractivity contribution in [1.29, 1.82) is 0 Å². The highest BCUT2D eigenvalue weighted by Gasteiger charge is 2.26. The number of Topliss-reactive ketones (excluding diaryl/α,β-unsaturated/α-hetero) is 1. The van der Waals surface area contributed by atoms with Crippen molar-refractivity contribution in [2.45, 2.75) is 20.8 Å². The Morgan fingerprint density at radius 3 is 2.31 bits per heavy atom. The maximum Gasteiger partial charge on any atom is 0.341 e. The maximum atomic E-state index is 12.6. The first kappa shape index (κ1) is 19.3. The fourth-order valence-electron chi connectivity index (χ4n) is 2.35. The average molecular weight is 375 g/mol. The van der Waals surface area contributed by atoms with Gasteiger partial charge >= 0.3 is 11.9 Å². The van der Waals surface area contributed by atoms with Crippen molar-refractivity contribution in [2.75, 3.05) is 12.4 Å². The number of hydrogen-bond acceptors (Lipinski definition) is 7. The zero-order chi connectivity index (χ0) is 19.4. The van der Waals surface area contributed by atoms with Crippen molar-refractivity contribution in [3.05, 3.63) is 45.8 Å². The molecule has 0 aliphatic rings. The lowest BCUT2D eigenvalue weighted by Gasteiger charge is -2.09. The summed E-state index contributed by atoms with van der Waals surface area (Å²) in [4.78, 5) is 48.0. The molecule has 2 aromatic rings. The van der Waals surface area contributed by atoms with Gasteiger partial charge in [0.1, 0.15) is 10.8 Å². The molecule has 0 unspecified atom stereocenters. The van der Waals surface area contributed by atoms with E-state index in [2.05, 4.69) is 5.32 Å². The number of methoxy groups -OCH3 is 1. The third-order valence-corrected chi connectivity index (χ3v) is 4.78. The molecule has 26 heavy (non-hydrogen) atoms. The predicted octanol–water partition coefficient (Wildman–Crippen LogP) is 3.22. The third kappa shape index (κ3) is 3.97. The zero-order valence-electron chi connectivity index (χ0n) is 14.7. The van der Waals surface area contributed by atoms with E-state index in [4.69, 9.17) is 9.47 Å². The Kier molecular flexibility index (Phi) is 5.89. The minimum Gasteiger partial charge on any atom is -0.465 e. The van der Waals surface area contributed by atoms with Crippen LogP contribution in [0.5, 0.6) is 5.75 Å². The molecule has 1 aromatic carbocycles. The molecule has 0 bridgehead atoms. The summed E-state index contributed by atoms with van der Waals surface area (Å²) in [5.74, 6) is -1.93. The van der Waals surface area contributed by atoms with Crippen molar-refractivity contribution in [3.8, 4) is 5.75 Å². The van der Waals surface area contributed by atoms with Crippen LogP contribution in [-0.2, 0) is 9.53 Å². The van der Waals surface area contributed by atoms with Crippen LogP contribution >= 0.6 is 11.3 Å². The molecule has 0 saturated carbocycles. The van der Waals surface area contributed by atoms with Crippen LogP contribution < -0.4 is 10.1 Å². The number of amides is 1. The number of carbonyl (C=O) groups excluding carboxylic acids is 4. The SMILES string of the molecule is COC(=O)c1c(NC(=O)c2ccccc2OC(C)=O)sc(C(C)=O)c1C. The van der Waals surface area contributed by atoms with Gasteiger partial charge in [-0.1, -0.05) is 12.1 Å². The van der Waals surface area contributed by atoms with Crippen molar-refractivity contribution < 1.29 is 28.7 Å². The Morgan fingerprint density at radius 1 is 1.08 bits per heavy atom. The van der Waals surface area contributed by atoms with Gasteiger partial charge in [-0.3, -0.25) is 14.4 Å². The molecule has 0 atom stereocenters. The zero-order valence-corrected chi connectivity index (χ0v) is 15.5. The highest BCUT2D eigenvalue weighted by Crippen LogP contribution is 2.34. The van der Waals surface area contributed by atoms with Crippen molar-refractivity contribution in [2.24, 2.45) is 0 Å². The van der Waals surface area contributed by atoms with Gasteiger partial charge in [0.25, 0.3) is 5.91 Å². The van der Waals surface area contributed by atoms with Gasteiger partial charge in [-0.05, 0) is 31.5 Å². The molecule has 8 heteroatoms. The first-order chi connectivity index (χ1) is 12.3. The largest absolute Gasteiger partial charge is 0.465 e. The molecule has 1 aromatic heterocycles. The van der Waals surface area contributed by atoms with E-state index in [1.165, 1.54) is 33.1 Å². The molecule has 0 aliphatic heterocycles. The first-order valence-electron chi connectivity index (χ1n) is 7.57. The number of carbonyl (C=O) groups is 4. The van der Waals surface area contributed by atoms with Gasteiger partial charge in [-0.15, -0.1) is 11.3 Å². The lowest BCUT2D eigenvalue weighted by molar-refractivity contribution is -0.131. The lowest BCUT2D eigenvalue weighted by Crippen LogP contribution is -2.16. The molecule has 0 spiro atoms. The smallest absolute Gasteiger partial charge is 0.341 e. The summed E-state index contributed by atoms with van der Waals surface area (Å²) in [6, 6.07) is 6.21. The highest BCUT2D eigenvalue weighted by atomic mass is 32.1. The van der Waals surface area contributed by atoms with E-state index in [0.717, 1.165) is 11.3 Å². The second-order valence-electron chi connectivity index (χ2n) is 5.35. The predicted molar refractivity (Wildman–Crippen MR) is 96.1 cm³/mol. The van der Waals surface area contributed by atoms with Crippen molar-refractivity contribution >= 4 is 40.0 Å². The van der Waals surface area contributed by atoms with Gasteiger partial charge in [0, 0.05) is 6.92 Å². The van der Waals surface area contributed by atoms with E-state index in [1.54, 1.807) is 19.1 Å². The first-order valence-corrected chi connectivity index (χ1v) is 8.39. The van der Waals surface area contributed by atoms with Crippen LogP contribution in [-0.4, -0.2) is 30.7 Å². The fraction of sp³-hybridized carbons (Fsp3) is 0.222. The minimum absolute atomic E-state index is 0.0946. The second-order valence-corrected chi connectivity index (χ2v) is 6.37. The van der Waals surface area contributed by atoms with Gasteiger partial charge in [0.15, 0.2) is 5.78 Å². The number of hydrogen-bond donors (Lipinski definition) is 1. The standard InChI is InChI=1S/C18H17NO6S/c1-9-14(18(23)24-4)17(26-15(9)10(2)20)19-16(22)12-7-5-6-8-13(12)25-11(3)21/h5-8H,1-4H3,(H,19,22). The number of anilines is 1. The molecule has 136 valence electrons. The van der Waals surface area contributed by atoms with Gasteiger partial charge in [0.2, 0.25) is 0 Å². The van der Waals surface area contributed by atoms with Crippen LogP contribution in [0.4, 0.5) is 5.00 Å². The third-order valence-electron chi connectivity index (χ3n) is 3.47. The Bertz CT molecular complexity index is 899.